The Kier molecular flexibility index (Phi) is 8.31. The van der Waals surface area contributed by atoms with E-state index < -0.39 is 5.25 Å². The van der Waals surface area contributed by atoms with Crippen molar-refractivity contribution >= 4 is 46.6 Å². The zero-order valence-corrected chi connectivity index (χ0v) is 21.4. The second-order valence-electron chi connectivity index (χ2n) is 8.09. The zero-order valence-electron chi connectivity index (χ0n) is 19.8. The van der Waals surface area contributed by atoms with Crippen molar-refractivity contribution in [2.45, 2.75) is 17.1 Å². The predicted octanol–water partition coefficient (Wildman–Crippen LogP) is 7.38. The van der Waals surface area contributed by atoms with Crippen LogP contribution in [0, 0.1) is 6.92 Å². The summed E-state index contributed by atoms with van der Waals surface area (Å²) in [6.07, 6.45) is 0. The Bertz CT molecular complexity index is 1360. The van der Waals surface area contributed by atoms with Crippen LogP contribution in [-0.4, -0.2) is 18.9 Å². The molecule has 36 heavy (non-hydrogen) atoms. The Morgan fingerprint density at radius 2 is 1.61 bits per heavy atom. The first-order valence-corrected chi connectivity index (χ1v) is 12.5. The van der Waals surface area contributed by atoms with Crippen LogP contribution in [0.1, 0.15) is 26.7 Å². The van der Waals surface area contributed by atoms with Crippen molar-refractivity contribution in [1.29, 1.82) is 0 Å². The van der Waals surface area contributed by atoms with Crippen molar-refractivity contribution in [3.63, 3.8) is 0 Å². The Morgan fingerprint density at radius 3 is 2.31 bits per heavy atom. The summed E-state index contributed by atoms with van der Waals surface area (Å²) < 4.78 is 5.37. The fourth-order valence-corrected chi connectivity index (χ4v) is 4.82. The summed E-state index contributed by atoms with van der Waals surface area (Å²) >= 11 is 7.55. The van der Waals surface area contributed by atoms with Gasteiger partial charge >= 0.3 is 0 Å². The van der Waals surface area contributed by atoms with Gasteiger partial charge in [-0.25, -0.2) is 0 Å². The van der Waals surface area contributed by atoms with Gasteiger partial charge in [0.15, 0.2) is 0 Å². The second kappa shape index (κ2) is 11.8. The minimum atomic E-state index is -0.525. The molecule has 0 aliphatic heterocycles. The minimum Gasteiger partial charge on any atom is -0.495 e. The number of hydrogen-bond acceptors (Lipinski definition) is 4. The molecule has 2 amide bonds. The molecule has 0 saturated heterocycles. The quantitative estimate of drug-likeness (QED) is 0.240. The van der Waals surface area contributed by atoms with Gasteiger partial charge < -0.3 is 15.4 Å². The molecule has 0 radical (unpaired) electrons. The lowest BCUT2D eigenvalue weighted by Gasteiger charge is -2.18. The van der Waals surface area contributed by atoms with Gasteiger partial charge in [0.25, 0.3) is 5.91 Å². The number of halogens is 1. The van der Waals surface area contributed by atoms with Gasteiger partial charge in [-0.2, -0.15) is 0 Å². The third-order valence-corrected chi connectivity index (χ3v) is 6.91. The molecule has 0 heterocycles. The van der Waals surface area contributed by atoms with Gasteiger partial charge in [-0.3, -0.25) is 9.59 Å². The van der Waals surface area contributed by atoms with Crippen molar-refractivity contribution < 1.29 is 14.3 Å². The Balaban J connectivity index is 1.51. The fourth-order valence-electron chi connectivity index (χ4n) is 3.62. The molecule has 4 rings (SSSR count). The maximum Gasteiger partial charge on any atom is 0.255 e. The van der Waals surface area contributed by atoms with E-state index in [-0.39, 0.29) is 11.8 Å². The molecule has 182 valence electrons. The molecule has 1 unspecified atom stereocenters. The summed E-state index contributed by atoms with van der Waals surface area (Å²) in [7, 11) is 1.54. The van der Waals surface area contributed by atoms with Gasteiger partial charge in [0.2, 0.25) is 5.91 Å². The number of rotatable bonds is 8. The van der Waals surface area contributed by atoms with E-state index in [1.807, 2.05) is 79.7 Å². The van der Waals surface area contributed by atoms with Crippen LogP contribution in [0.15, 0.2) is 102 Å². The van der Waals surface area contributed by atoms with Crippen LogP contribution in [0.3, 0.4) is 0 Å². The number of ether oxygens (including phenoxy) is 1. The van der Waals surface area contributed by atoms with Gasteiger partial charge in [0, 0.05) is 21.2 Å². The van der Waals surface area contributed by atoms with E-state index in [1.165, 1.54) is 11.8 Å². The second-order valence-corrected chi connectivity index (χ2v) is 9.71. The zero-order chi connectivity index (χ0) is 25.5. The van der Waals surface area contributed by atoms with Gasteiger partial charge in [-0.1, -0.05) is 59.6 Å². The first-order valence-electron chi connectivity index (χ1n) is 11.3. The van der Waals surface area contributed by atoms with E-state index in [4.69, 9.17) is 16.3 Å². The van der Waals surface area contributed by atoms with E-state index in [9.17, 15) is 9.59 Å². The standard InChI is InChI=1S/C29H25ClN2O3S/c1-19-7-6-10-21(17-19)28(33)31-23-12-14-24(15-13-23)36-27(20-8-4-3-5-9-20)29(34)32-25-18-22(30)11-16-26(25)35-2/h3-18,27H,1-2H3,(H,31,33)(H,32,34). The number of hydrogen-bond donors (Lipinski definition) is 2. The molecule has 5 nitrogen and oxygen atoms in total. The Labute approximate surface area is 219 Å². The van der Waals surface area contributed by atoms with Crippen molar-refractivity contribution in [2.24, 2.45) is 0 Å². The normalized spacial score (nSPS) is 11.4. The minimum absolute atomic E-state index is 0.170. The van der Waals surface area contributed by atoms with Gasteiger partial charge in [-0.05, 0) is 67.1 Å². The van der Waals surface area contributed by atoms with Crippen LogP contribution in [0.4, 0.5) is 11.4 Å². The molecule has 0 spiro atoms. The van der Waals surface area contributed by atoms with Crippen molar-refractivity contribution in [3.8, 4) is 5.75 Å². The van der Waals surface area contributed by atoms with Crippen molar-refractivity contribution in [2.75, 3.05) is 17.7 Å². The summed E-state index contributed by atoms with van der Waals surface area (Å²) in [6.45, 7) is 1.95. The Hall–Kier alpha value is -3.74. The largest absolute Gasteiger partial charge is 0.495 e. The van der Waals surface area contributed by atoms with Gasteiger partial charge in [0.05, 0.1) is 12.8 Å². The average Bonchev–Trinajstić information content (AvgIpc) is 2.89. The highest BCUT2D eigenvalue weighted by atomic mass is 35.5. The first kappa shape index (κ1) is 25.4. The number of amides is 2. The van der Waals surface area contributed by atoms with Crippen LogP contribution >= 0.6 is 23.4 Å². The maximum absolute atomic E-state index is 13.4. The summed E-state index contributed by atoms with van der Waals surface area (Å²) in [5, 5.41) is 5.85. The highest BCUT2D eigenvalue weighted by Gasteiger charge is 2.23. The Morgan fingerprint density at radius 1 is 0.861 bits per heavy atom. The van der Waals surface area contributed by atoms with Gasteiger partial charge in [0.1, 0.15) is 11.0 Å². The SMILES string of the molecule is COc1ccc(Cl)cc1NC(=O)C(Sc1ccc(NC(=O)c2cccc(C)c2)cc1)c1ccccc1. The van der Waals surface area contributed by atoms with Crippen molar-refractivity contribution in [3.05, 3.63) is 119 Å². The third-order valence-electron chi connectivity index (χ3n) is 5.41. The monoisotopic (exact) mass is 516 g/mol. The average molecular weight is 517 g/mol. The number of benzene rings is 4. The number of thioether (sulfide) groups is 1. The number of nitrogens with one attached hydrogen (secondary N) is 2. The molecule has 0 saturated carbocycles. The lowest BCUT2D eigenvalue weighted by Crippen LogP contribution is -2.19. The molecule has 4 aromatic carbocycles. The summed E-state index contributed by atoms with van der Waals surface area (Å²) in [5.41, 5.74) is 3.67. The van der Waals surface area contributed by atoms with Crippen molar-refractivity contribution in [1.82, 2.24) is 0 Å². The van der Waals surface area contributed by atoms with Gasteiger partial charge in [-0.15, -0.1) is 11.8 Å². The molecule has 2 N–H and O–H groups in total. The lowest BCUT2D eigenvalue weighted by atomic mass is 10.1. The van der Waals surface area contributed by atoms with Crippen LogP contribution in [0.5, 0.6) is 5.75 Å². The summed E-state index contributed by atoms with van der Waals surface area (Å²) in [5.74, 6) is 0.151. The molecular formula is C29H25ClN2O3S. The topological polar surface area (TPSA) is 67.4 Å². The van der Waals surface area contributed by atoms with E-state index in [1.54, 1.807) is 31.4 Å². The summed E-state index contributed by atoms with van der Waals surface area (Å²) in [6, 6.07) is 29.5. The molecular weight excluding hydrogens is 492 g/mol. The van der Waals surface area contributed by atoms with Crippen LogP contribution < -0.4 is 15.4 Å². The summed E-state index contributed by atoms with van der Waals surface area (Å²) in [4.78, 5) is 26.9. The molecule has 0 aliphatic carbocycles. The maximum atomic E-state index is 13.4. The number of methoxy groups -OCH3 is 1. The van der Waals surface area contributed by atoms with E-state index in [0.717, 1.165) is 16.0 Å². The van der Waals surface area contributed by atoms with Crippen LogP contribution in [0.2, 0.25) is 5.02 Å². The number of carbonyl (C=O) groups excluding carboxylic acids is 2. The predicted molar refractivity (Wildman–Crippen MR) is 147 cm³/mol. The number of aryl methyl sites for hydroxylation is 1. The molecule has 0 fully saturated rings. The van der Waals surface area contributed by atoms with Crippen LogP contribution in [-0.2, 0) is 4.79 Å². The first-order chi connectivity index (χ1) is 17.4. The fraction of sp³-hybridized carbons (Fsp3) is 0.103. The highest BCUT2D eigenvalue weighted by Crippen LogP contribution is 2.38. The molecule has 7 heteroatoms. The third kappa shape index (κ3) is 6.47. The highest BCUT2D eigenvalue weighted by molar-refractivity contribution is 8.00. The lowest BCUT2D eigenvalue weighted by molar-refractivity contribution is -0.115. The number of anilines is 2. The van der Waals surface area contributed by atoms with Crippen LogP contribution in [0.25, 0.3) is 0 Å². The van der Waals surface area contributed by atoms with E-state index in [0.29, 0.717) is 27.7 Å². The van der Waals surface area contributed by atoms with E-state index in [2.05, 4.69) is 10.6 Å². The molecule has 0 bridgehead atoms. The number of carbonyl (C=O) groups is 2. The molecule has 1 atom stereocenters. The molecule has 0 aromatic heterocycles. The van der Waals surface area contributed by atoms with E-state index >= 15 is 0 Å². The molecule has 0 aliphatic rings. The molecule has 4 aromatic rings. The smallest absolute Gasteiger partial charge is 0.255 e.